The Hall–Kier alpha value is -2.61. The molecule has 2 nitrogen and oxygen atoms in total. The van der Waals surface area contributed by atoms with Gasteiger partial charge in [-0.3, -0.25) is 0 Å². The van der Waals surface area contributed by atoms with Crippen LogP contribution in [0.3, 0.4) is 0 Å². The molecule has 0 spiro atoms. The van der Waals surface area contributed by atoms with Crippen molar-refractivity contribution in [1.29, 1.82) is 0 Å². The predicted molar refractivity (Wildman–Crippen MR) is 126 cm³/mol. The van der Waals surface area contributed by atoms with E-state index in [1.54, 1.807) is 0 Å². The number of benzene rings is 3. The third-order valence-corrected chi connectivity index (χ3v) is 8.73. The van der Waals surface area contributed by atoms with E-state index in [4.69, 9.17) is 0 Å². The van der Waals surface area contributed by atoms with Crippen molar-refractivity contribution in [2.24, 2.45) is 5.41 Å². The Kier molecular flexibility index (Phi) is 5.94. The van der Waals surface area contributed by atoms with Gasteiger partial charge in [0, 0.05) is 0 Å². The summed E-state index contributed by atoms with van der Waals surface area (Å²) in [6.45, 7) is 6.99. The predicted octanol–water partition coefficient (Wildman–Crippen LogP) is 5.22. The van der Waals surface area contributed by atoms with Gasteiger partial charge in [-0.25, -0.2) is 0 Å². The number of carbonyl (C=O) groups is 1. The van der Waals surface area contributed by atoms with Gasteiger partial charge in [0.15, 0.2) is 0 Å². The van der Waals surface area contributed by atoms with Crippen LogP contribution in [-0.2, 0) is 11.3 Å². The van der Waals surface area contributed by atoms with E-state index in [0.29, 0.717) is 6.54 Å². The summed E-state index contributed by atoms with van der Waals surface area (Å²) < 4.78 is 1.34. The molecule has 3 aromatic carbocycles. The molecule has 1 heterocycles. The molecule has 1 unspecified atom stereocenters. The summed E-state index contributed by atoms with van der Waals surface area (Å²) in [7, 11) is 0. The second-order valence-corrected chi connectivity index (χ2v) is 10.4. The van der Waals surface area contributed by atoms with E-state index >= 15 is 0 Å². The zero-order valence-corrected chi connectivity index (χ0v) is 19.5. The third kappa shape index (κ3) is 4.01. The van der Waals surface area contributed by atoms with E-state index in [9.17, 15) is 4.79 Å². The molecule has 1 amide bonds. The van der Waals surface area contributed by atoms with E-state index in [1.807, 2.05) is 29.2 Å². The molecular weight excluding hydrogens is 433 g/mol. The normalized spacial score (nSPS) is 18.9. The van der Waals surface area contributed by atoms with Crippen LogP contribution >= 0.6 is 0 Å². The van der Waals surface area contributed by atoms with Gasteiger partial charge in [-0.15, -0.1) is 0 Å². The van der Waals surface area contributed by atoms with E-state index in [1.165, 1.54) is 15.6 Å². The standard InChI is InChI=1S/C27H27NOSe/c1-20-14-16-23(17-15-20)25-21(2)27(3,19-30-24-12-8-5-9-13-24)26(29)28(25)18-22-10-6-4-7-11-22/h4-17H,18-19H2,1-3H3. The van der Waals surface area contributed by atoms with E-state index in [0.717, 1.165) is 22.1 Å². The van der Waals surface area contributed by atoms with Crippen molar-refractivity contribution in [1.82, 2.24) is 4.90 Å². The van der Waals surface area contributed by atoms with Gasteiger partial charge in [-0.05, 0) is 0 Å². The van der Waals surface area contributed by atoms with Crippen LogP contribution in [0.25, 0.3) is 5.70 Å². The zero-order chi connectivity index (χ0) is 21.1. The minimum atomic E-state index is -0.467. The average Bonchev–Trinajstić information content (AvgIpc) is 2.96. The minimum absolute atomic E-state index is 0.220. The second kappa shape index (κ2) is 8.63. The van der Waals surface area contributed by atoms with Crippen LogP contribution in [-0.4, -0.2) is 25.8 Å². The van der Waals surface area contributed by atoms with Gasteiger partial charge in [0.1, 0.15) is 0 Å². The summed E-state index contributed by atoms with van der Waals surface area (Å²) in [5.41, 5.74) is 5.30. The molecule has 3 aromatic rings. The number of hydrogen-bond acceptors (Lipinski definition) is 1. The molecule has 0 saturated heterocycles. The molecule has 30 heavy (non-hydrogen) atoms. The molecule has 0 radical (unpaired) electrons. The fourth-order valence-electron chi connectivity index (χ4n) is 3.94. The van der Waals surface area contributed by atoms with Gasteiger partial charge in [0.25, 0.3) is 0 Å². The average molecular weight is 460 g/mol. The SMILES string of the molecule is CC1=C(c2ccc(C)cc2)N(Cc2ccccc2)C(=O)C1(C)C[Se]c1ccccc1. The van der Waals surface area contributed by atoms with Gasteiger partial charge in [-0.2, -0.15) is 0 Å². The summed E-state index contributed by atoms with van der Waals surface area (Å²) >= 11 is 0.244. The van der Waals surface area contributed by atoms with E-state index in [2.05, 4.69) is 81.4 Å². The van der Waals surface area contributed by atoms with Crippen LogP contribution in [0.4, 0.5) is 0 Å². The Bertz CT molecular complexity index is 1060. The van der Waals surface area contributed by atoms with Crippen LogP contribution in [0.1, 0.15) is 30.5 Å². The van der Waals surface area contributed by atoms with Crippen LogP contribution in [0.15, 0.2) is 90.5 Å². The van der Waals surface area contributed by atoms with Gasteiger partial charge in [0.05, 0.1) is 0 Å². The third-order valence-electron chi connectivity index (χ3n) is 5.95. The molecular formula is C27H27NOSe. The molecule has 4 rings (SSSR count). The van der Waals surface area contributed by atoms with Crippen molar-refractivity contribution in [3.8, 4) is 0 Å². The molecule has 0 N–H and O–H groups in total. The Morgan fingerprint density at radius 3 is 2.07 bits per heavy atom. The molecule has 0 aromatic heterocycles. The van der Waals surface area contributed by atoms with Crippen molar-refractivity contribution in [3.63, 3.8) is 0 Å². The summed E-state index contributed by atoms with van der Waals surface area (Å²) in [5, 5.41) is 0.870. The van der Waals surface area contributed by atoms with Gasteiger partial charge in [-0.1, -0.05) is 0 Å². The quantitative estimate of drug-likeness (QED) is 0.462. The molecule has 0 bridgehead atoms. The van der Waals surface area contributed by atoms with Gasteiger partial charge in [0.2, 0.25) is 0 Å². The molecule has 1 atom stereocenters. The topological polar surface area (TPSA) is 20.3 Å². The first-order valence-electron chi connectivity index (χ1n) is 10.3. The monoisotopic (exact) mass is 461 g/mol. The maximum absolute atomic E-state index is 13.8. The fraction of sp³-hybridized carbons (Fsp3) is 0.222. The first-order chi connectivity index (χ1) is 14.5. The van der Waals surface area contributed by atoms with Crippen molar-refractivity contribution >= 4 is 31.0 Å². The molecule has 152 valence electrons. The Morgan fingerprint density at radius 2 is 1.43 bits per heavy atom. The maximum atomic E-state index is 13.8. The Balaban J connectivity index is 1.71. The number of aryl methyl sites for hydroxylation is 1. The van der Waals surface area contributed by atoms with Crippen LogP contribution in [0.2, 0.25) is 5.32 Å². The zero-order valence-electron chi connectivity index (χ0n) is 17.8. The van der Waals surface area contributed by atoms with Crippen molar-refractivity contribution in [2.45, 2.75) is 32.6 Å². The Labute approximate surface area is 185 Å². The van der Waals surface area contributed by atoms with Crippen LogP contribution in [0.5, 0.6) is 0 Å². The first kappa shape index (κ1) is 20.7. The van der Waals surface area contributed by atoms with Crippen LogP contribution < -0.4 is 4.46 Å². The number of hydrogen-bond donors (Lipinski definition) is 0. The van der Waals surface area contributed by atoms with Crippen molar-refractivity contribution in [2.75, 3.05) is 0 Å². The molecule has 1 aliphatic rings. The summed E-state index contributed by atoms with van der Waals surface area (Å²) in [6.07, 6.45) is 0. The number of rotatable bonds is 6. The second-order valence-electron chi connectivity index (χ2n) is 8.15. The van der Waals surface area contributed by atoms with Crippen molar-refractivity contribution in [3.05, 3.63) is 107 Å². The summed E-state index contributed by atoms with van der Waals surface area (Å²) in [5.74, 6) is 0.220. The van der Waals surface area contributed by atoms with Gasteiger partial charge >= 0.3 is 186 Å². The van der Waals surface area contributed by atoms with E-state index in [-0.39, 0.29) is 20.9 Å². The number of carbonyl (C=O) groups excluding carboxylic acids is 1. The molecule has 0 fully saturated rings. The van der Waals surface area contributed by atoms with Crippen molar-refractivity contribution < 1.29 is 4.79 Å². The molecule has 0 aliphatic carbocycles. The van der Waals surface area contributed by atoms with Crippen LogP contribution in [0, 0.1) is 12.3 Å². The summed E-state index contributed by atoms with van der Waals surface area (Å²) in [6, 6.07) is 29.4. The van der Waals surface area contributed by atoms with E-state index < -0.39 is 5.41 Å². The number of nitrogens with zero attached hydrogens (tertiary/aromatic N) is 1. The first-order valence-corrected chi connectivity index (χ1v) is 12.4. The molecule has 0 saturated carbocycles. The molecule has 3 heteroatoms. The summed E-state index contributed by atoms with van der Waals surface area (Å²) in [4.78, 5) is 15.8. The van der Waals surface area contributed by atoms with Gasteiger partial charge < -0.3 is 0 Å². The Morgan fingerprint density at radius 1 is 0.833 bits per heavy atom. The number of amides is 1. The fourth-order valence-corrected chi connectivity index (χ4v) is 6.34. The molecule has 1 aliphatic heterocycles.